The monoisotopic (exact) mass is 458 g/mol. The third kappa shape index (κ3) is 6.88. The van der Waals surface area contributed by atoms with Gasteiger partial charge in [0.05, 0.1) is 25.3 Å². The summed E-state index contributed by atoms with van der Waals surface area (Å²) >= 11 is 1.41. The van der Waals surface area contributed by atoms with Crippen molar-refractivity contribution in [1.82, 2.24) is 9.80 Å². The molecule has 0 bridgehead atoms. The molecule has 9 heteroatoms. The summed E-state index contributed by atoms with van der Waals surface area (Å²) in [5.41, 5.74) is 1.20. The largest absolute Gasteiger partial charge is 0.462 e. The number of piperazine rings is 1. The van der Waals surface area contributed by atoms with Crippen molar-refractivity contribution in [2.45, 2.75) is 20.3 Å². The number of nitrogens with one attached hydrogen (secondary N) is 2. The summed E-state index contributed by atoms with van der Waals surface area (Å²) in [7, 11) is 0. The Morgan fingerprint density at radius 2 is 1.53 bits per heavy atom. The second-order valence-corrected chi connectivity index (χ2v) is 8.68. The van der Waals surface area contributed by atoms with Gasteiger partial charge in [-0.05, 0) is 31.5 Å². The van der Waals surface area contributed by atoms with Crippen molar-refractivity contribution in [3.63, 3.8) is 0 Å². The lowest BCUT2D eigenvalue weighted by Crippen LogP contribution is -2.50. The molecule has 1 aromatic heterocycles. The molecule has 0 spiro atoms. The Morgan fingerprint density at radius 1 is 0.938 bits per heavy atom. The number of ether oxygens (including phenoxy) is 1. The van der Waals surface area contributed by atoms with Crippen molar-refractivity contribution in [2.75, 3.05) is 56.5 Å². The molecule has 2 heterocycles. The van der Waals surface area contributed by atoms with Crippen LogP contribution in [-0.4, -0.2) is 73.5 Å². The molecule has 0 unspecified atom stereocenters. The summed E-state index contributed by atoms with van der Waals surface area (Å²) in [6.07, 6.45) is 0.784. The van der Waals surface area contributed by atoms with Crippen LogP contribution in [0, 0.1) is 0 Å². The Morgan fingerprint density at radius 3 is 2.09 bits per heavy atom. The first-order valence-corrected chi connectivity index (χ1v) is 11.7. The van der Waals surface area contributed by atoms with Gasteiger partial charge in [-0.15, -0.1) is 11.3 Å². The third-order valence-electron chi connectivity index (χ3n) is 5.14. The van der Waals surface area contributed by atoms with Crippen molar-refractivity contribution in [3.05, 3.63) is 46.8 Å². The van der Waals surface area contributed by atoms with Crippen molar-refractivity contribution in [3.8, 4) is 0 Å². The van der Waals surface area contributed by atoms with Gasteiger partial charge in [-0.3, -0.25) is 19.4 Å². The zero-order valence-corrected chi connectivity index (χ0v) is 19.4. The number of hydrogen-bond donors (Lipinski definition) is 2. The van der Waals surface area contributed by atoms with E-state index in [0.717, 1.165) is 17.0 Å². The average Bonchev–Trinajstić information content (AvgIpc) is 3.19. The molecule has 2 amide bonds. The molecule has 172 valence electrons. The van der Waals surface area contributed by atoms with Crippen molar-refractivity contribution >= 4 is 39.8 Å². The van der Waals surface area contributed by atoms with Gasteiger partial charge in [-0.1, -0.05) is 25.1 Å². The summed E-state index contributed by atoms with van der Waals surface area (Å²) in [5, 5.41) is 6.32. The molecule has 32 heavy (non-hydrogen) atoms. The average molecular weight is 459 g/mol. The van der Waals surface area contributed by atoms with E-state index in [2.05, 4.69) is 20.4 Å². The van der Waals surface area contributed by atoms with Crippen LogP contribution in [0.25, 0.3) is 0 Å². The number of rotatable bonds is 9. The minimum absolute atomic E-state index is 0.0432. The first-order chi connectivity index (χ1) is 15.5. The number of nitrogens with zero attached hydrogens (tertiary/aromatic N) is 2. The number of anilines is 2. The summed E-state index contributed by atoms with van der Waals surface area (Å²) in [6, 6.07) is 11.2. The van der Waals surface area contributed by atoms with Crippen LogP contribution in [0.3, 0.4) is 0 Å². The Balaban J connectivity index is 1.45. The molecule has 0 atom stereocenters. The van der Waals surface area contributed by atoms with Crippen LogP contribution in [-0.2, 0) is 20.7 Å². The second-order valence-electron chi connectivity index (χ2n) is 7.54. The zero-order valence-electron chi connectivity index (χ0n) is 18.6. The standard InChI is InChI=1S/C23H30N4O4S/c1-3-18-14-19(23(30)31-4-2)22(32-18)25-21(29)16-27-12-10-26(11-13-27)15-20(28)24-17-8-6-5-7-9-17/h5-9,14H,3-4,10-13,15-16H2,1-2H3,(H,24,28)(H,25,29). The van der Waals surface area contributed by atoms with Crippen LogP contribution >= 0.6 is 11.3 Å². The summed E-state index contributed by atoms with van der Waals surface area (Å²) in [5.74, 6) is -0.616. The topological polar surface area (TPSA) is 91.0 Å². The number of para-hydroxylation sites is 1. The quantitative estimate of drug-likeness (QED) is 0.562. The van der Waals surface area contributed by atoms with Crippen molar-refractivity contribution in [2.24, 2.45) is 0 Å². The fraction of sp³-hybridized carbons (Fsp3) is 0.435. The van der Waals surface area contributed by atoms with Gasteiger partial charge < -0.3 is 15.4 Å². The Bertz CT molecular complexity index is 923. The van der Waals surface area contributed by atoms with Gasteiger partial charge in [0.1, 0.15) is 5.00 Å². The SMILES string of the molecule is CCOC(=O)c1cc(CC)sc1NC(=O)CN1CCN(CC(=O)Nc2ccccc2)CC1. The molecule has 0 saturated carbocycles. The highest BCUT2D eigenvalue weighted by Crippen LogP contribution is 2.29. The predicted octanol–water partition coefficient (Wildman–Crippen LogP) is 2.68. The Kier molecular flexibility index (Phi) is 8.78. The highest BCUT2D eigenvalue weighted by Gasteiger charge is 2.23. The number of aryl methyl sites for hydroxylation is 1. The smallest absolute Gasteiger partial charge is 0.341 e. The van der Waals surface area contributed by atoms with E-state index in [9.17, 15) is 14.4 Å². The summed E-state index contributed by atoms with van der Waals surface area (Å²) in [4.78, 5) is 42.2. The predicted molar refractivity (Wildman–Crippen MR) is 126 cm³/mol. The number of benzene rings is 1. The first-order valence-electron chi connectivity index (χ1n) is 10.9. The fourth-order valence-corrected chi connectivity index (χ4v) is 4.47. The van der Waals surface area contributed by atoms with Gasteiger partial charge in [0.25, 0.3) is 0 Å². The molecule has 2 N–H and O–H groups in total. The molecular formula is C23H30N4O4S. The van der Waals surface area contributed by atoms with Gasteiger partial charge in [-0.25, -0.2) is 4.79 Å². The number of carbonyl (C=O) groups is 3. The Labute approximate surface area is 192 Å². The third-order valence-corrected chi connectivity index (χ3v) is 6.33. The van der Waals surface area contributed by atoms with Crippen molar-refractivity contribution < 1.29 is 19.1 Å². The van der Waals surface area contributed by atoms with E-state index in [-0.39, 0.29) is 25.0 Å². The van der Waals surface area contributed by atoms with Gasteiger partial charge in [0.2, 0.25) is 11.8 Å². The molecule has 0 radical (unpaired) electrons. The lowest BCUT2D eigenvalue weighted by atomic mass is 10.2. The van der Waals surface area contributed by atoms with Gasteiger partial charge >= 0.3 is 5.97 Å². The van der Waals surface area contributed by atoms with E-state index in [1.807, 2.05) is 37.3 Å². The van der Waals surface area contributed by atoms with E-state index in [1.54, 1.807) is 13.0 Å². The van der Waals surface area contributed by atoms with Crippen LogP contribution in [0.2, 0.25) is 0 Å². The second kappa shape index (κ2) is 11.8. The summed E-state index contributed by atoms with van der Waals surface area (Å²) in [6.45, 7) is 7.43. The van der Waals surface area contributed by atoms with E-state index in [0.29, 0.717) is 43.3 Å². The molecule has 1 fully saturated rings. The molecule has 1 aliphatic heterocycles. The minimum Gasteiger partial charge on any atom is -0.462 e. The molecular weight excluding hydrogens is 428 g/mol. The lowest BCUT2D eigenvalue weighted by Gasteiger charge is -2.33. The molecule has 2 aromatic rings. The number of thiophene rings is 1. The molecule has 1 saturated heterocycles. The van der Waals surface area contributed by atoms with Crippen LogP contribution in [0.1, 0.15) is 29.1 Å². The number of carbonyl (C=O) groups excluding carboxylic acids is 3. The maximum atomic E-state index is 12.6. The van der Waals surface area contributed by atoms with Crippen LogP contribution in [0.5, 0.6) is 0 Å². The number of amides is 2. The zero-order chi connectivity index (χ0) is 22.9. The molecule has 8 nitrogen and oxygen atoms in total. The number of hydrogen-bond acceptors (Lipinski definition) is 7. The first kappa shape index (κ1) is 23.9. The molecule has 3 rings (SSSR count). The molecule has 1 aromatic carbocycles. The highest BCUT2D eigenvalue weighted by molar-refractivity contribution is 7.16. The van der Waals surface area contributed by atoms with E-state index in [4.69, 9.17) is 4.74 Å². The van der Waals surface area contributed by atoms with Gasteiger partial charge in [0, 0.05) is 36.7 Å². The Hall–Kier alpha value is -2.75. The van der Waals surface area contributed by atoms with Gasteiger partial charge in [-0.2, -0.15) is 0 Å². The van der Waals surface area contributed by atoms with Crippen LogP contribution in [0.4, 0.5) is 10.7 Å². The van der Waals surface area contributed by atoms with Gasteiger partial charge in [0.15, 0.2) is 0 Å². The summed E-state index contributed by atoms with van der Waals surface area (Å²) < 4.78 is 5.11. The van der Waals surface area contributed by atoms with Crippen molar-refractivity contribution in [1.29, 1.82) is 0 Å². The molecule has 0 aliphatic carbocycles. The number of esters is 1. The maximum Gasteiger partial charge on any atom is 0.341 e. The minimum atomic E-state index is -0.416. The fourth-order valence-electron chi connectivity index (χ4n) is 3.47. The normalized spacial score (nSPS) is 14.7. The maximum absolute atomic E-state index is 12.6. The highest BCUT2D eigenvalue weighted by atomic mass is 32.1. The van der Waals surface area contributed by atoms with E-state index in [1.165, 1.54) is 11.3 Å². The van der Waals surface area contributed by atoms with Crippen LogP contribution < -0.4 is 10.6 Å². The van der Waals surface area contributed by atoms with Crippen LogP contribution in [0.15, 0.2) is 36.4 Å². The van der Waals surface area contributed by atoms with E-state index < -0.39 is 5.97 Å². The molecule has 1 aliphatic rings. The van der Waals surface area contributed by atoms with E-state index >= 15 is 0 Å². The lowest BCUT2D eigenvalue weighted by molar-refractivity contribution is -0.120.